The summed E-state index contributed by atoms with van der Waals surface area (Å²) in [6.45, 7) is 4.42. The minimum absolute atomic E-state index is 0.0159. The van der Waals surface area contributed by atoms with Gasteiger partial charge in [-0.25, -0.2) is 4.72 Å². The third kappa shape index (κ3) is 5.82. The average Bonchev–Trinajstić information content (AvgIpc) is 2.14. The van der Waals surface area contributed by atoms with E-state index in [0.29, 0.717) is 13.2 Å². The topological polar surface area (TPSA) is 58.6 Å². The Morgan fingerprint density at radius 3 is 2.40 bits per heavy atom. The zero-order valence-electron chi connectivity index (χ0n) is 9.53. The Morgan fingerprint density at radius 1 is 1.47 bits per heavy atom. The van der Waals surface area contributed by atoms with E-state index in [4.69, 9.17) is 4.74 Å². The summed E-state index contributed by atoms with van der Waals surface area (Å²) >= 11 is 3.31. The first-order valence-electron chi connectivity index (χ1n) is 4.67. The molecule has 0 spiro atoms. The van der Waals surface area contributed by atoms with Crippen LogP contribution in [-0.2, 0) is 14.9 Å². The fraction of sp³-hybridized carbons (Fsp3) is 1.00. The number of ether oxygens (including phenoxy) is 1. The molecule has 5 nitrogen and oxygen atoms in total. The molecule has 0 aliphatic carbocycles. The number of hydrogen-bond donors (Lipinski definition) is 1. The van der Waals surface area contributed by atoms with E-state index in [0.717, 1.165) is 0 Å². The van der Waals surface area contributed by atoms with Gasteiger partial charge < -0.3 is 4.74 Å². The van der Waals surface area contributed by atoms with Crippen molar-refractivity contribution >= 4 is 26.1 Å². The summed E-state index contributed by atoms with van der Waals surface area (Å²) in [4.78, 5) is -0.0159. The molecule has 0 fully saturated rings. The Kier molecular flexibility index (Phi) is 6.94. The van der Waals surface area contributed by atoms with Gasteiger partial charge in [0.1, 0.15) is 0 Å². The van der Waals surface area contributed by atoms with Crippen molar-refractivity contribution in [1.82, 2.24) is 9.03 Å². The smallest absolute Gasteiger partial charge is 0.279 e. The Balaban J connectivity index is 4.16. The highest BCUT2D eigenvalue weighted by molar-refractivity contribution is 9.09. The minimum atomic E-state index is -3.38. The highest BCUT2D eigenvalue weighted by atomic mass is 79.9. The maximum atomic E-state index is 11.6. The van der Waals surface area contributed by atoms with Gasteiger partial charge in [-0.3, -0.25) is 0 Å². The third-order valence-electron chi connectivity index (χ3n) is 1.94. The van der Waals surface area contributed by atoms with Crippen LogP contribution in [0, 0.1) is 0 Å². The van der Waals surface area contributed by atoms with Crippen LogP contribution >= 0.6 is 15.9 Å². The molecule has 15 heavy (non-hydrogen) atoms. The molecule has 0 aromatic rings. The molecule has 0 rings (SSSR count). The van der Waals surface area contributed by atoms with Crippen LogP contribution in [0.3, 0.4) is 0 Å². The van der Waals surface area contributed by atoms with E-state index in [9.17, 15) is 8.42 Å². The summed E-state index contributed by atoms with van der Waals surface area (Å²) in [5.41, 5.74) is 0. The van der Waals surface area contributed by atoms with E-state index < -0.39 is 10.2 Å². The first kappa shape index (κ1) is 15.3. The van der Waals surface area contributed by atoms with Crippen molar-refractivity contribution in [2.24, 2.45) is 0 Å². The van der Waals surface area contributed by atoms with E-state index in [-0.39, 0.29) is 10.9 Å². The molecule has 0 aliphatic rings. The van der Waals surface area contributed by atoms with Crippen LogP contribution < -0.4 is 4.72 Å². The zero-order valence-corrected chi connectivity index (χ0v) is 11.9. The molecule has 0 heterocycles. The van der Waals surface area contributed by atoms with E-state index >= 15 is 0 Å². The van der Waals surface area contributed by atoms with E-state index in [1.807, 2.05) is 13.8 Å². The molecule has 0 aromatic carbocycles. The molecular weight excluding hydrogens is 284 g/mol. The molecule has 0 saturated heterocycles. The first-order valence-corrected chi connectivity index (χ1v) is 7.02. The summed E-state index contributed by atoms with van der Waals surface area (Å²) in [5.74, 6) is 0. The monoisotopic (exact) mass is 302 g/mol. The normalized spacial score (nSPS) is 14.9. The molecule has 0 radical (unpaired) electrons. The van der Waals surface area contributed by atoms with Gasteiger partial charge in [-0.2, -0.15) is 12.7 Å². The largest absolute Gasteiger partial charge is 0.383 e. The van der Waals surface area contributed by atoms with Gasteiger partial charge in [-0.05, 0) is 13.8 Å². The Morgan fingerprint density at radius 2 is 2.00 bits per heavy atom. The van der Waals surface area contributed by atoms with Crippen LogP contribution in [0.1, 0.15) is 13.8 Å². The van der Waals surface area contributed by atoms with Crippen LogP contribution in [-0.4, -0.2) is 50.9 Å². The summed E-state index contributed by atoms with van der Waals surface area (Å²) in [7, 11) is -0.255. The second kappa shape index (κ2) is 6.80. The lowest BCUT2D eigenvalue weighted by Gasteiger charge is -2.22. The third-order valence-corrected chi connectivity index (χ3v) is 4.24. The SMILES string of the molecule is COCC(Br)CNS(=O)(=O)N(C)C(C)C. The molecule has 0 bridgehead atoms. The van der Waals surface area contributed by atoms with Crippen LogP contribution in [0.25, 0.3) is 0 Å². The maximum absolute atomic E-state index is 11.6. The Hall–Kier alpha value is 0.310. The van der Waals surface area contributed by atoms with Crippen molar-refractivity contribution in [3.63, 3.8) is 0 Å². The van der Waals surface area contributed by atoms with E-state index in [1.165, 1.54) is 4.31 Å². The predicted octanol–water partition coefficient (Wildman–Crippen LogP) is 0.571. The molecule has 0 amide bonds. The van der Waals surface area contributed by atoms with Crippen LogP contribution in [0.4, 0.5) is 0 Å². The van der Waals surface area contributed by atoms with Gasteiger partial charge in [0.15, 0.2) is 0 Å². The fourth-order valence-corrected chi connectivity index (χ4v) is 2.63. The summed E-state index contributed by atoms with van der Waals surface area (Å²) < 4.78 is 31.9. The summed E-state index contributed by atoms with van der Waals surface area (Å²) in [5, 5.41) is 0. The van der Waals surface area contributed by atoms with Crippen molar-refractivity contribution in [2.45, 2.75) is 24.7 Å². The van der Waals surface area contributed by atoms with Gasteiger partial charge in [0.25, 0.3) is 10.2 Å². The number of nitrogens with zero attached hydrogens (tertiary/aromatic N) is 1. The average molecular weight is 303 g/mol. The molecular formula is C8H19BrN2O3S. The van der Waals surface area contributed by atoms with Crippen molar-refractivity contribution in [2.75, 3.05) is 27.3 Å². The molecule has 0 aliphatic heterocycles. The first-order chi connectivity index (χ1) is 6.81. The van der Waals surface area contributed by atoms with Gasteiger partial charge >= 0.3 is 0 Å². The minimum Gasteiger partial charge on any atom is -0.383 e. The number of methoxy groups -OCH3 is 1. The Bertz CT molecular complexity index is 269. The standard InChI is InChI=1S/C8H19BrN2O3S/c1-7(2)11(3)15(12,13)10-5-8(9)6-14-4/h7-8,10H,5-6H2,1-4H3. The maximum Gasteiger partial charge on any atom is 0.279 e. The van der Waals surface area contributed by atoms with Crippen molar-refractivity contribution in [3.8, 4) is 0 Å². The van der Waals surface area contributed by atoms with Gasteiger partial charge in [0.2, 0.25) is 0 Å². The fourth-order valence-electron chi connectivity index (χ4n) is 0.815. The molecule has 7 heteroatoms. The second-order valence-electron chi connectivity index (χ2n) is 3.52. The van der Waals surface area contributed by atoms with E-state index in [2.05, 4.69) is 20.7 Å². The number of halogens is 1. The second-order valence-corrected chi connectivity index (χ2v) is 6.63. The van der Waals surface area contributed by atoms with Crippen LogP contribution in [0.2, 0.25) is 0 Å². The zero-order chi connectivity index (χ0) is 12.1. The molecule has 0 saturated carbocycles. The van der Waals surface area contributed by atoms with Crippen LogP contribution in [0.15, 0.2) is 0 Å². The lowest BCUT2D eigenvalue weighted by Crippen LogP contribution is -2.44. The molecule has 1 atom stereocenters. The quantitative estimate of drug-likeness (QED) is 0.700. The van der Waals surface area contributed by atoms with Crippen molar-refractivity contribution in [1.29, 1.82) is 0 Å². The summed E-state index contributed by atoms with van der Waals surface area (Å²) in [6, 6.07) is -0.0568. The number of alkyl halides is 1. The molecule has 1 N–H and O–H groups in total. The lowest BCUT2D eigenvalue weighted by molar-refractivity contribution is 0.201. The van der Waals surface area contributed by atoms with Crippen LogP contribution in [0.5, 0.6) is 0 Å². The van der Waals surface area contributed by atoms with E-state index in [1.54, 1.807) is 14.2 Å². The Labute approximate surface area is 100 Å². The molecule has 0 aromatic heterocycles. The van der Waals surface area contributed by atoms with Gasteiger partial charge in [-0.15, -0.1) is 0 Å². The molecule has 1 unspecified atom stereocenters. The number of rotatable bonds is 7. The number of nitrogens with one attached hydrogen (secondary N) is 1. The molecule has 92 valence electrons. The van der Waals surface area contributed by atoms with Crippen molar-refractivity contribution in [3.05, 3.63) is 0 Å². The van der Waals surface area contributed by atoms with Gasteiger partial charge in [-0.1, -0.05) is 15.9 Å². The summed E-state index contributed by atoms with van der Waals surface area (Å²) in [6.07, 6.45) is 0. The number of hydrogen-bond acceptors (Lipinski definition) is 3. The van der Waals surface area contributed by atoms with Gasteiger partial charge in [0.05, 0.1) is 11.4 Å². The van der Waals surface area contributed by atoms with Crippen molar-refractivity contribution < 1.29 is 13.2 Å². The highest BCUT2D eigenvalue weighted by Crippen LogP contribution is 2.03. The van der Waals surface area contributed by atoms with Gasteiger partial charge in [0, 0.05) is 26.7 Å². The lowest BCUT2D eigenvalue weighted by atomic mass is 10.4. The highest BCUT2D eigenvalue weighted by Gasteiger charge is 2.20. The predicted molar refractivity (Wildman–Crippen MR) is 64.4 cm³/mol.